The van der Waals surface area contributed by atoms with Crippen LogP contribution >= 0.6 is 0 Å². The van der Waals surface area contributed by atoms with Crippen molar-refractivity contribution in [1.82, 2.24) is 4.98 Å². The number of aromatic amines is 1. The number of furan rings is 1. The zero-order valence-electron chi connectivity index (χ0n) is 11.8. The van der Waals surface area contributed by atoms with Crippen LogP contribution in [0.2, 0.25) is 0 Å². The summed E-state index contributed by atoms with van der Waals surface area (Å²) in [6.45, 7) is 1.75. The van der Waals surface area contributed by atoms with Gasteiger partial charge in [0.2, 0.25) is 0 Å². The zero-order valence-corrected chi connectivity index (χ0v) is 11.8. The smallest absolute Gasteiger partial charge is 0.191 e. The fourth-order valence-corrected chi connectivity index (χ4v) is 2.55. The van der Waals surface area contributed by atoms with Crippen LogP contribution in [0.4, 0.5) is 0 Å². The molecule has 0 aliphatic rings. The van der Waals surface area contributed by atoms with E-state index < -0.39 is 17.5 Å². The molecule has 0 fully saturated rings. The Kier molecular flexibility index (Phi) is 3.36. The summed E-state index contributed by atoms with van der Waals surface area (Å²) < 4.78 is 4.85. The van der Waals surface area contributed by atoms with Gasteiger partial charge in [0.15, 0.2) is 17.5 Å². The van der Waals surface area contributed by atoms with Crippen molar-refractivity contribution >= 4 is 22.5 Å². The molecule has 0 saturated carbocycles. The van der Waals surface area contributed by atoms with Gasteiger partial charge < -0.3 is 9.40 Å². The number of Topliss-reactive ketones (excluding diaryl/α,β-unsaturated/α-hetero) is 2. The maximum Gasteiger partial charge on any atom is 0.191 e. The molecule has 1 N–H and O–H groups in total. The lowest BCUT2D eigenvalue weighted by Gasteiger charge is -2.06. The molecule has 3 rings (SSSR count). The summed E-state index contributed by atoms with van der Waals surface area (Å²) in [6, 6.07) is 10.6. The van der Waals surface area contributed by atoms with Crippen LogP contribution in [-0.2, 0) is 0 Å². The summed E-state index contributed by atoms with van der Waals surface area (Å²) in [7, 11) is 0. The van der Waals surface area contributed by atoms with Crippen molar-refractivity contribution in [3.8, 4) is 6.07 Å². The Hall–Kier alpha value is -3.13. The van der Waals surface area contributed by atoms with Crippen LogP contribution in [0.1, 0.15) is 26.4 Å². The Morgan fingerprint density at radius 1 is 1.23 bits per heavy atom. The lowest BCUT2D eigenvalue weighted by molar-refractivity contribution is 0.0846. The number of H-pyrrole nitrogens is 1. The molecule has 0 aliphatic carbocycles. The van der Waals surface area contributed by atoms with E-state index in [1.807, 2.05) is 24.3 Å². The van der Waals surface area contributed by atoms with Crippen LogP contribution < -0.4 is 0 Å². The number of fused-ring (bicyclic) bond motifs is 1. The second-order valence-corrected chi connectivity index (χ2v) is 4.97. The number of nitrogens with one attached hydrogen (secondary N) is 1. The number of aromatic nitrogens is 1. The summed E-state index contributed by atoms with van der Waals surface area (Å²) in [5.41, 5.74) is 2.05. The molecule has 3 aromatic rings. The maximum atomic E-state index is 12.7. The minimum Gasteiger partial charge on any atom is -0.472 e. The van der Waals surface area contributed by atoms with Gasteiger partial charge in [-0.25, -0.2) is 0 Å². The van der Waals surface area contributed by atoms with Crippen molar-refractivity contribution in [3.05, 3.63) is 59.7 Å². The normalized spacial score (nSPS) is 12.0. The first-order valence-electron chi connectivity index (χ1n) is 6.71. The monoisotopic (exact) mass is 292 g/mol. The fraction of sp³-hybridized carbons (Fsp3) is 0.118. The molecule has 0 saturated heterocycles. The first-order chi connectivity index (χ1) is 10.6. The van der Waals surface area contributed by atoms with Gasteiger partial charge in [0, 0.05) is 22.2 Å². The fourth-order valence-electron chi connectivity index (χ4n) is 2.55. The van der Waals surface area contributed by atoms with Gasteiger partial charge in [-0.05, 0) is 19.1 Å². The Morgan fingerprint density at radius 3 is 2.68 bits per heavy atom. The van der Waals surface area contributed by atoms with Crippen LogP contribution in [-0.4, -0.2) is 16.6 Å². The van der Waals surface area contributed by atoms with Crippen LogP contribution in [0, 0.1) is 24.2 Å². The summed E-state index contributed by atoms with van der Waals surface area (Å²) in [5.74, 6) is -2.43. The van der Waals surface area contributed by atoms with Crippen molar-refractivity contribution in [2.45, 2.75) is 6.92 Å². The largest absolute Gasteiger partial charge is 0.472 e. The minimum absolute atomic E-state index is 0.220. The summed E-state index contributed by atoms with van der Waals surface area (Å²) in [4.78, 5) is 28.1. The average molecular weight is 292 g/mol. The van der Waals surface area contributed by atoms with E-state index in [0.29, 0.717) is 16.6 Å². The first kappa shape index (κ1) is 13.8. The molecule has 2 aromatic heterocycles. The highest BCUT2D eigenvalue weighted by Crippen LogP contribution is 2.25. The van der Waals surface area contributed by atoms with Gasteiger partial charge in [0.25, 0.3) is 0 Å². The van der Waals surface area contributed by atoms with E-state index in [2.05, 4.69) is 4.98 Å². The SMILES string of the molecule is Cc1[nH]c2ccccc2c1C(=O)C(C#N)C(=O)c1ccoc1. The Labute approximate surface area is 126 Å². The highest BCUT2D eigenvalue weighted by molar-refractivity contribution is 6.22. The molecule has 5 nitrogen and oxygen atoms in total. The average Bonchev–Trinajstić information content (AvgIpc) is 3.14. The summed E-state index contributed by atoms with van der Waals surface area (Å²) in [6.07, 6.45) is 2.57. The van der Waals surface area contributed by atoms with Crippen molar-refractivity contribution in [1.29, 1.82) is 5.26 Å². The molecular formula is C17H12N2O3. The van der Waals surface area contributed by atoms with E-state index in [1.165, 1.54) is 18.6 Å². The predicted molar refractivity (Wildman–Crippen MR) is 79.5 cm³/mol. The topological polar surface area (TPSA) is 86.9 Å². The number of hydrogen-bond donors (Lipinski definition) is 1. The van der Waals surface area contributed by atoms with Gasteiger partial charge in [-0.2, -0.15) is 5.26 Å². The first-order valence-corrected chi connectivity index (χ1v) is 6.71. The second kappa shape index (κ2) is 5.34. The van der Waals surface area contributed by atoms with Crippen LogP contribution in [0.15, 0.2) is 47.3 Å². The Balaban J connectivity index is 2.06. The van der Waals surface area contributed by atoms with E-state index in [4.69, 9.17) is 4.42 Å². The Morgan fingerprint density at radius 2 is 2.00 bits per heavy atom. The highest BCUT2D eigenvalue weighted by Gasteiger charge is 2.31. The molecule has 1 aromatic carbocycles. The molecule has 0 aliphatic heterocycles. The third-order valence-electron chi connectivity index (χ3n) is 3.60. The van der Waals surface area contributed by atoms with Crippen molar-refractivity contribution in [3.63, 3.8) is 0 Å². The molecule has 0 amide bonds. The predicted octanol–water partition coefficient (Wildman–Crippen LogP) is 3.27. The number of aryl methyl sites for hydroxylation is 1. The van der Waals surface area contributed by atoms with E-state index in [0.717, 1.165) is 5.52 Å². The third kappa shape index (κ3) is 2.11. The van der Waals surface area contributed by atoms with Gasteiger partial charge in [-0.3, -0.25) is 9.59 Å². The van der Waals surface area contributed by atoms with Crippen LogP contribution in [0.3, 0.4) is 0 Å². The van der Waals surface area contributed by atoms with Crippen molar-refractivity contribution < 1.29 is 14.0 Å². The minimum atomic E-state index is -1.38. The molecule has 1 atom stereocenters. The number of hydrogen-bond acceptors (Lipinski definition) is 4. The molecule has 2 heterocycles. The van der Waals surface area contributed by atoms with Crippen molar-refractivity contribution in [2.24, 2.45) is 5.92 Å². The van der Waals surface area contributed by atoms with E-state index in [9.17, 15) is 14.9 Å². The van der Waals surface area contributed by atoms with Gasteiger partial charge in [0.1, 0.15) is 6.26 Å². The number of nitriles is 1. The third-order valence-corrected chi connectivity index (χ3v) is 3.60. The number of carbonyl (C=O) groups excluding carboxylic acids is 2. The van der Waals surface area contributed by atoms with E-state index >= 15 is 0 Å². The number of rotatable bonds is 4. The van der Waals surface area contributed by atoms with Crippen molar-refractivity contribution in [2.75, 3.05) is 0 Å². The molecule has 0 bridgehead atoms. The quantitative estimate of drug-likeness (QED) is 0.590. The maximum absolute atomic E-state index is 12.7. The number of para-hydroxylation sites is 1. The van der Waals surface area contributed by atoms with Crippen LogP contribution in [0.5, 0.6) is 0 Å². The zero-order chi connectivity index (χ0) is 15.7. The number of ketones is 2. The lowest BCUT2D eigenvalue weighted by atomic mass is 9.91. The van der Waals surface area contributed by atoms with Gasteiger partial charge in [-0.1, -0.05) is 18.2 Å². The lowest BCUT2D eigenvalue weighted by Crippen LogP contribution is -2.23. The van der Waals surface area contributed by atoms with E-state index in [-0.39, 0.29) is 5.56 Å². The van der Waals surface area contributed by atoms with Gasteiger partial charge >= 0.3 is 0 Å². The molecule has 22 heavy (non-hydrogen) atoms. The number of nitrogens with zero attached hydrogens (tertiary/aromatic N) is 1. The number of carbonyl (C=O) groups is 2. The van der Waals surface area contributed by atoms with Crippen LogP contribution in [0.25, 0.3) is 10.9 Å². The molecule has 0 radical (unpaired) electrons. The van der Waals surface area contributed by atoms with Gasteiger partial charge in [0.05, 0.1) is 17.9 Å². The van der Waals surface area contributed by atoms with E-state index in [1.54, 1.807) is 13.0 Å². The highest BCUT2D eigenvalue weighted by atomic mass is 16.3. The molecule has 5 heteroatoms. The Bertz CT molecular complexity index is 898. The van der Waals surface area contributed by atoms with Gasteiger partial charge in [-0.15, -0.1) is 0 Å². The second-order valence-electron chi connectivity index (χ2n) is 4.97. The summed E-state index contributed by atoms with van der Waals surface area (Å²) in [5, 5.41) is 10.0. The standard InChI is InChI=1S/C17H12N2O3/c1-10-15(12-4-2-3-5-14(12)19-10)17(21)13(8-18)16(20)11-6-7-22-9-11/h2-7,9,13,19H,1H3. The molecular weight excluding hydrogens is 280 g/mol. The molecule has 108 valence electrons. The molecule has 0 spiro atoms. The molecule has 1 unspecified atom stereocenters. The summed E-state index contributed by atoms with van der Waals surface area (Å²) >= 11 is 0. The number of benzene rings is 1.